The molecule has 2 saturated heterocycles. The van der Waals surface area contributed by atoms with E-state index in [1.54, 1.807) is 4.90 Å². The summed E-state index contributed by atoms with van der Waals surface area (Å²) in [6, 6.07) is 7.74. The first-order valence-electron chi connectivity index (χ1n) is 7.43. The van der Waals surface area contributed by atoms with Crippen LogP contribution in [0.5, 0.6) is 5.75 Å². The highest BCUT2D eigenvalue weighted by atomic mass is 16.6. The molecule has 0 saturated carbocycles. The number of piperazine rings is 1. The van der Waals surface area contributed by atoms with Crippen LogP contribution in [0.3, 0.4) is 0 Å². The van der Waals surface area contributed by atoms with Crippen LogP contribution in [0.2, 0.25) is 0 Å². The van der Waals surface area contributed by atoms with Crippen LogP contribution in [0.1, 0.15) is 0 Å². The third kappa shape index (κ3) is 3.65. The Morgan fingerprint density at radius 2 is 1.90 bits per heavy atom. The van der Waals surface area contributed by atoms with Gasteiger partial charge in [0.15, 0.2) is 0 Å². The normalized spacial score (nSPS) is 19.4. The van der Waals surface area contributed by atoms with Crippen LogP contribution in [0.15, 0.2) is 24.3 Å². The first-order valence-corrected chi connectivity index (χ1v) is 7.43. The number of nitrogens with one attached hydrogen (secondary N) is 1. The van der Waals surface area contributed by atoms with Gasteiger partial charge in [0.25, 0.3) is 0 Å². The summed E-state index contributed by atoms with van der Waals surface area (Å²) in [5.41, 5.74) is 1.10. The minimum absolute atomic E-state index is 0.296. The molecule has 1 aromatic rings. The number of hydrogen-bond acceptors (Lipinski definition) is 5. The lowest BCUT2D eigenvalue weighted by atomic mass is 10.2. The maximum Gasteiger partial charge on any atom is 0.415 e. The van der Waals surface area contributed by atoms with E-state index in [2.05, 4.69) is 16.3 Å². The topological polar surface area (TPSA) is 54.0 Å². The molecular weight excluding hydrogens is 270 g/mol. The summed E-state index contributed by atoms with van der Waals surface area (Å²) in [5.74, 6) is 0.600. The number of benzene rings is 1. The highest BCUT2D eigenvalue weighted by molar-refractivity contribution is 5.71. The molecule has 1 N–H and O–H groups in total. The van der Waals surface area contributed by atoms with E-state index in [0.717, 1.165) is 31.9 Å². The lowest BCUT2D eigenvalue weighted by Crippen LogP contribution is -2.43. The standard InChI is InChI=1S/C15H21N3O3/c19-15(18-8-10-20-11-9-18)21-14-3-1-2-13(12-14)17-6-4-16-5-7-17/h1-3,12,16H,4-11H2. The summed E-state index contributed by atoms with van der Waals surface area (Å²) >= 11 is 0. The van der Waals surface area contributed by atoms with Crippen molar-refractivity contribution in [2.24, 2.45) is 0 Å². The quantitative estimate of drug-likeness (QED) is 0.878. The van der Waals surface area contributed by atoms with Crippen LogP contribution >= 0.6 is 0 Å². The minimum Gasteiger partial charge on any atom is -0.410 e. The molecular formula is C15H21N3O3. The van der Waals surface area contributed by atoms with Crippen LogP contribution in [0.4, 0.5) is 10.5 Å². The van der Waals surface area contributed by atoms with E-state index < -0.39 is 0 Å². The van der Waals surface area contributed by atoms with Crippen LogP contribution in [-0.4, -0.2) is 63.5 Å². The van der Waals surface area contributed by atoms with E-state index in [-0.39, 0.29) is 6.09 Å². The number of hydrogen-bond donors (Lipinski definition) is 1. The number of anilines is 1. The molecule has 6 heteroatoms. The van der Waals surface area contributed by atoms with E-state index in [0.29, 0.717) is 32.1 Å². The van der Waals surface area contributed by atoms with Gasteiger partial charge >= 0.3 is 6.09 Å². The molecule has 3 rings (SSSR count). The van der Waals surface area contributed by atoms with Gasteiger partial charge in [-0.15, -0.1) is 0 Å². The van der Waals surface area contributed by atoms with Gasteiger partial charge in [0.05, 0.1) is 13.2 Å². The highest BCUT2D eigenvalue weighted by Crippen LogP contribution is 2.22. The van der Waals surface area contributed by atoms with Gasteiger partial charge in [-0.1, -0.05) is 6.07 Å². The van der Waals surface area contributed by atoms with Gasteiger partial charge in [0.1, 0.15) is 5.75 Å². The van der Waals surface area contributed by atoms with Gasteiger partial charge in [-0.05, 0) is 12.1 Å². The number of morpholine rings is 1. The van der Waals surface area contributed by atoms with E-state index in [4.69, 9.17) is 9.47 Å². The van der Waals surface area contributed by atoms with Crippen molar-refractivity contribution in [3.8, 4) is 5.75 Å². The zero-order chi connectivity index (χ0) is 14.5. The molecule has 0 aromatic heterocycles. The Kier molecular flexibility index (Phi) is 4.57. The molecule has 0 aliphatic carbocycles. The van der Waals surface area contributed by atoms with Gasteiger partial charge in [0.2, 0.25) is 0 Å². The summed E-state index contributed by atoms with van der Waals surface area (Å²) < 4.78 is 10.7. The van der Waals surface area contributed by atoms with Crippen molar-refractivity contribution in [1.29, 1.82) is 0 Å². The summed E-state index contributed by atoms with van der Waals surface area (Å²) in [6.45, 7) is 6.26. The van der Waals surface area contributed by atoms with Crippen molar-refractivity contribution in [2.45, 2.75) is 0 Å². The maximum absolute atomic E-state index is 12.1. The zero-order valence-electron chi connectivity index (χ0n) is 12.1. The fraction of sp³-hybridized carbons (Fsp3) is 0.533. The van der Waals surface area contributed by atoms with Crippen LogP contribution in [-0.2, 0) is 4.74 Å². The molecule has 0 bridgehead atoms. The molecule has 1 amide bonds. The first kappa shape index (κ1) is 14.2. The molecule has 1 aromatic carbocycles. The first-order chi connectivity index (χ1) is 10.3. The fourth-order valence-electron chi connectivity index (χ4n) is 2.58. The molecule has 2 aliphatic rings. The number of carbonyl (C=O) groups is 1. The van der Waals surface area contributed by atoms with Crippen LogP contribution < -0.4 is 15.0 Å². The molecule has 0 unspecified atom stereocenters. The lowest BCUT2D eigenvalue weighted by Gasteiger charge is -2.30. The van der Waals surface area contributed by atoms with Crippen molar-refractivity contribution in [3.63, 3.8) is 0 Å². The summed E-state index contributed by atoms with van der Waals surface area (Å²) in [7, 11) is 0. The monoisotopic (exact) mass is 291 g/mol. The van der Waals surface area contributed by atoms with Gasteiger partial charge in [-0.25, -0.2) is 4.79 Å². The second-order valence-corrected chi connectivity index (χ2v) is 5.20. The van der Waals surface area contributed by atoms with Crippen LogP contribution in [0, 0.1) is 0 Å². The zero-order valence-corrected chi connectivity index (χ0v) is 12.1. The van der Waals surface area contributed by atoms with E-state index >= 15 is 0 Å². The summed E-state index contributed by atoms with van der Waals surface area (Å²) in [4.78, 5) is 16.1. The Morgan fingerprint density at radius 3 is 2.67 bits per heavy atom. The number of ether oxygens (including phenoxy) is 2. The number of nitrogens with zero attached hydrogens (tertiary/aromatic N) is 2. The largest absolute Gasteiger partial charge is 0.415 e. The third-order valence-electron chi connectivity index (χ3n) is 3.77. The van der Waals surface area contributed by atoms with E-state index in [9.17, 15) is 4.79 Å². The Balaban J connectivity index is 1.63. The summed E-state index contributed by atoms with van der Waals surface area (Å²) in [6.07, 6.45) is -0.296. The predicted octanol–water partition coefficient (Wildman–Crippen LogP) is 0.927. The number of amides is 1. The predicted molar refractivity (Wildman–Crippen MR) is 79.9 cm³/mol. The molecule has 0 spiro atoms. The SMILES string of the molecule is O=C(Oc1cccc(N2CCNCC2)c1)N1CCOCC1. The van der Waals surface area contributed by atoms with Gasteiger partial charge in [-0.2, -0.15) is 0 Å². The Bertz CT molecular complexity index is 483. The molecule has 6 nitrogen and oxygen atoms in total. The van der Waals surface area contributed by atoms with Gasteiger partial charge in [-0.3, -0.25) is 0 Å². The number of rotatable bonds is 2. The second kappa shape index (κ2) is 6.78. The summed E-state index contributed by atoms with van der Waals surface area (Å²) in [5, 5.41) is 3.33. The minimum atomic E-state index is -0.296. The van der Waals surface area contributed by atoms with Crippen LogP contribution in [0.25, 0.3) is 0 Å². The maximum atomic E-state index is 12.1. The smallest absolute Gasteiger partial charge is 0.410 e. The van der Waals surface area contributed by atoms with Crippen molar-refractivity contribution in [2.75, 3.05) is 57.4 Å². The molecule has 2 fully saturated rings. The van der Waals surface area contributed by atoms with Gasteiger partial charge in [0, 0.05) is 51.0 Å². The Labute approximate surface area is 124 Å². The molecule has 114 valence electrons. The van der Waals surface area contributed by atoms with Crippen molar-refractivity contribution >= 4 is 11.8 Å². The van der Waals surface area contributed by atoms with Crippen molar-refractivity contribution in [1.82, 2.24) is 10.2 Å². The lowest BCUT2D eigenvalue weighted by molar-refractivity contribution is 0.0416. The fourth-order valence-corrected chi connectivity index (χ4v) is 2.58. The average Bonchev–Trinajstić information content (AvgIpc) is 2.57. The molecule has 2 aliphatic heterocycles. The van der Waals surface area contributed by atoms with Gasteiger partial charge < -0.3 is 24.6 Å². The molecule has 0 radical (unpaired) electrons. The third-order valence-corrected chi connectivity index (χ3v) is 3.77. The average molecular weight is 291 g/mol. The Morgan fingerprint density at radius 1 is 1.14 bits per heavy atom. The molecule has 0 atom stereocenters. The number of carbonyl (C=O) groups excluding carboxylic acids is 1. The van der Waals surface area contributed by atoms with E-state index in [1.807, 2.05) is 18.2 Å². The molecule has 21 heavy (non-hydrogen) atoms. The molecule has 2 heterocycles. The van der Waals surface area contributed by atoms with Crippen molar-refractivity contribution < 1.29 is 14.3 Å². The Hall–Kier alpha value is -1.79. The second-order valence-electron chi connectivity index (χ2n) is 5.20. The highest BCUT2D eigenvalue weighted by Gasteiger charge is 2.19. The van der Waals surface area contributed by atoms with E-state index in [1.165, 1.54) is 0 Å². The van der Waals surface area contributed by atoms with Crippen molar-refractivity contribution in [3.05, 3.63) is 24.3 Å².